The van der Waals surface area contributed by atoms with E-state index in [1.807, 2.05) is 53.7 Å². The predicted molar refractivity (Wildman–Crippen MR) is 261 cm³/mol. The number of nitrogens with two attached hydrogens (primary N) is 2. The smallest absolute Gasteiger partial charge is 0.407 e. The first-order valence-corrected chi connectivity index (χ1v) is 22.6. The van der Waals surface area contributed by atoms with Crippen LogP contribution in [0, 0.1) is 0 Å². The number of amides is 3. The molecule has 0 saturated heterocycles. The molecule has 0 spiro atoms. The molecule has 0 aromatic heterocycles. The highest BCUT2D eigenvalue weighted by Gasteiger charge is 2.25. The summed E-state index contributed by atoms with van der Waals surface area (Å²) in [6.07, 6.45) is -2.16. The van der Waals surface area contributed by atoms with Gasteiger partial charge in [0.1, 0.15) is 53.9 Å². The molecule has 3 aromatic rings. The summed E-state index contributed by atoms with van der Waals surface area (Å²) in [6, 6.07) is 11.9. The molecule has 3 aromatic carbocycles. The van der Waals surface area contributed by atoms with Gasteiger partial charge < -0.3 is 55.8 Å². The van der Waals surface area contributed by atoms with Crippen molar-refractivity contribution in [3.63, 3.8) is 0 Å². The van der Waals surface area contributed by atoms with Crippen LogP contribution >= 0.6 is 0 Å². The van der Waals surface area contributed by atoms with E-state index in [0.717, 1.165) is 11.1 Å². The molecular weight excluding hydrogens is 859 g/mol. The summed E-state index contributed by atoms with van der Waals surface area (Å²) < 4.78 is 34.3. The van der Waals surface area contributed by atoms with Crippen LogP contribution in [0.3, 0.4) is 0 Å². The van der Waals surface area contributed by atoms with E-state index >= 15 is 0 Å². The lowest BCUT2D eigenvalue weighted by Crippen LogP contribution is -2.34. The summed E-state index contributed by atoms with van der Waals surface area (Å²) in [7, 11) is 0. The number of nitrogen functional groups attached to an aromatic ring is 2. The number of alkyl carbamates (subject to hydrolysis) is 3. The standard InChI is InChI=1S/C51H75N5O11/c1-47(2,3)35-23-33(42(38(52)29-35)63-20-17-55-45(60)66-50(10,11)12)27-40(57)31-22-32(26-37(25-31)62-19-16-54-44(59)65-49(7,8)9)41(58)28-34-24-36(48(4,5)6)30-39(53)43(34)64-21-18-56-46(61)67-51(13,14)15/h22-26,29-30H,16-21,27-28,52-53H2,1-15H3,(H,54,59)(H,55,60)(H,56,61). The second-order valence-corrected chi connectivity index (χ2v) is 21.4. The SMILES string of the molecule is CC(C)(C)OC(=O)NCCOc1cc(C(=O)Cc2cc(C(C)(C)C)cc(N)c2OCCNC(=O)OC(C)(C)C)cc(C(=O)Cc2cc(C(C)(C)C)cc(N)c2OCCNC(=O)OC(C)(C)C)c1. The molecule has 0 unspecified atom stereocenters. The van der Waals surface area contributed by atoms with Gasteiger partial charge in [-0.1, -0.05) is 53.7 Å². The van der Waals surface area contributed by atoms with Gasteiger partial charge in [-0.25, -0.2) is 14.4 Å². The summed E-state index contributed by atoms with van der Waals surface area (Å²) in [4.78, 5) is 65.8. The summed E-state index contributed by atoms with van der Waals surface area (Å²) >= 11 is 0. The van der Waals surface area contributed by atoms with E-state index in [0.29, 0.717) is 22.5 Å². The van der Waals surface area contributed by atoms with Gasteiger partial charge >= 0.3 is 18.3 Å². The maximum absolute atomic E-state index is 14.5. The van der Waals surface area contributed by atoms with Crippen LogP contribution in [0.5, 0.6) is 17.2 Å². The Morgan fingerprint density at radius 1 is 0.448 bits per heavy atom. The number of hydrogen-bond acceptors (Lipinski definition) is 13. The number of ketones is 2. The monoisotopic (exact) mass is 934 g/mol. The average molecular weight is 934 g/mol. The van der Waals surface area contributed by atoms with Gasteiger partial charge in [0, 0.05) is 35.1 Å². The first-order valence-electron chi connectivity index (χ1n) is 22.6. The second kappa shape index (κ2) is 22.5. The molecule has 16 nitrogen and oxygen atoms in total. The van der Waals surface area contributed by atoms with Gasteiger partial charge in [-0.2, -0.15) is 0 Å². The van der Waals surface area contributed by atoms with Gasteiger partial charge in [-0.15, -0.1) is 0 Å². The molecule has 3 rings (SSSR count). The lowest BCUT2D eigenvalue weighted by atomic mass is 9.84. The van der Waals surface area contributed by atoms with E-state index in [-0.39, 0.29) is 103 Å². The Bertz CT molecular complexity index is 2100. The van der Waals surface area contributed by atoms with Crippen LogP contribution in [-0.4, -0.2) is 86.1 Å². The van der Waals surface area contributed by atoms with Crippen LogP contribution in [-0.2, 0) is 37.9 Å². The van der Waals surface area contributed by atoms with Crippen molar-refractivity contribution in [3.8, 4) is 17.2 Å². The minimum absolute atomic E-state index is 0.0104. The minimum Gasteiger partial charge on any atom is -0.492 e. The molecule has 3 amide bonds. The van der Waals surface area contributed by atoms with Crippen molar-refractivity contribution in [1.29, 1.82) is 0 Å². The molecule has 0 aliphatic rings. The quantitative estimate of drug-likeness (QED) is 0.0348. The van der Waals surface area contributed by atoms with Crippen molar-refractivity contribution >= 4 is 41.2 Å². The summed E-state index contributed by atoms with van der Waals surface area (Å²) in [6.45, 7) is 28.3. The fourth-order valence-corrected chi connectivity index (χ4v) is 6.34. The highest BCUT2D eigenvalue weighted by atomic mass is 16.6. The third kappa shape index (κ3) is 19.3. The van der Waals surface area contributed by atoms with Crippen LogP contribution in [0.25, 0.3) is 0 Å². The summed E-state index contributed by atoms with van der Waals surface area (Å²) in [5, 5.41) is 7.98. The largest absolute Gasteiger partial charge is 0.492 e. The number of Topliss-reactive ketones (excluding diaryl/α,β-unsaturated/α-hetero) is 2. The third-order valence-corrected chi connectivity index (χ3v) is 9.45. The lowest BCUT2D eigenvalue weighted by Gasteiger charge is -2.23. The fourth-order valence-electron chi connectivity index (χ4n) is 6.34. The highest BCUT2D eigenvalue weighted by molar-refractivity contribution is 6.04. The molecule has 0 bridgehead atoms. The first-order chi connectivity index (χ1) is 30.7. The van der Waals surface area contributed by atoms with Crippen molar-refractivity contribution in [2.24, 2.45) is 0 Å². The Labute approximate surface area is 396 Å². The molecule has 0 atom stereocenters. The number of carbonyl (C=O) groups excluding carboxylic acids is 5. The molecule has 0 aliphatic heterocycles. The number of carbonyl (C=O) groups is 5. The number of benzene rings is 3. The van der Waals surface area contributed by atoms with Crippen molar-refractivity contribution < 1.29 is 52.4 Å². The van der Waals surface area contributed by atoms with Gasteiger partial charge in [0.15, 0.2) is 11.6 Å². The number of hydrogen-bond donors (Lipinski definition) is 5. The third-order valence-electron chi connectivity index (χ3n) is 9.45. The van der Waals surface area contributed by atoms with Gasteiger partial charge in [0.25, 0.3) is 0 Å². The predicted octanol–water partition coefficient (Wildman–Crippen LogP) is 9.01. The van der Waals surface area contributed by atoms with E-state index in [4.69, 9.17) is 39.9 Å². The maximum atomic E-state index is 14.5. The molecule has 0 saturated carbocycles. The fraction of sp³-hybridized carbons (Fsp3) is 0.549. The molecule has 0 heterocycles. The van der Waals surface area contributed by atoms with E-state index in [1.54, 1.807) is 86.6 Å². The van der Waals surface area contributed by atoms with Crippen molar-refractivity contribution in [2.45, 2.75) is 144 Å². The summed E-state index contributed by atoms with van der Waals surface area (Å²) in [5.41, 5.74) is 14.1. The number of anilines is 2. The topological polar surface area (TPSA) is 229 Å². The molecule has 16 heteroatoms. The zero-order chi connectivity index (χ0) is 50.7. The van der Waals surface area contributed by atoms with Crippen molar-refractivity contribution in [3.05, 3.63) is 75.8 Å². The Balaban J connectivity index is 2.03. The molecule has 370 valence electrons. The second-order valence-electron chi connectivity index (χ2n) is 21.4. The summed E-state index contributed by atoms with van der Waals surface area (Å²) in [5.74, 6) is 0.0485. The molecule has 67 heavy (non-hydrogen) atoms. The molecule has 7 N–H and O–H groups in total. The van der Waals surface area contributed by atoms with Crippen LogP contribution in [0.15, 0.2) is 42.5 Å². The average Bonchev–Trinajstić information content (AvgIpc) is 3.15. The van der Waals surface area contributed by atoms with Gasteiger partial charge in [-0.05, 0) is 115 Å². The lowest BCUT2D eigenvalue weighted by molar-refractivity contribution is 0.0509. The van der Waals surface area contributed by atoms with E-state index in [1.165, 1.54) is 6.07 Å². The molecular formula is C51H75N5O11. The first kappa shape index (κ1) is 55.1. The van der Waals surface area contributed by atoms with Crippen LogP contribution < -0.4 is 41.6 Å². The minimum atomic E-state index is -0.702. The normalized spacial score (nSPS) is 12.1. The van der Waals surface area contributed by atoms with Gasteiger partial charge in [0.2, 0.25) is 0 Å². The van der Waals surface area contributed by atoms with Crippen LogP contribution in [0.4, 0.5) is 25.8 Å². The number of ether oxygens (including phenoxy) is 6. The van der Waals surface area contributed by atoms with E-state index in [2.05, 4.69) is 16.0 Å². The number of rotatable bonds is 18. The van der Waals surface area contributed by atoms with E-state index < -0.39 is 35.1 Å². The van der Waals surface area contributed by atoms with Gasteiger partial charge in [-0.3, -0.25) is 9.59 Å². The maximum Gasteiger partial charge on any atom is 0.407 e. The van der Waals surface area contributed by atoms with Crippen molar-refractivity contribution in [2.75, 3.05) is 50.9 Å². The van der Waals surface area contributed by atoms with Crippen molar-refractivity contribution in [1.82, 2.24) is 16.0 Å². The zero-order valence-electron chi connectivity index (χ0n) is 42.3. The Kier molecular flexibility index (Phi) is 18.5. The van der Waals surface area contributed by atoms with Crippen LogP contribution in [0.1, 0.15) is 147 Å². The molecule has 0 aliphatic carbocycles. The Morgan fingerprint density at radius 2 is 0.761 bits per heavy atom. The van der Waals surface area contributed by atoms with Crippen LogP contribution in [0.2, 0.25) is 0 Å². The highest BCUT2D eigenvalue weighted by Crippen LogP contribution is 2.37. The molecule has 0 fully saturated rings. The van der Waals surface area contributed by atoms with Gasteiger partial charge in [0.05, 0.1) is 31.0 Å². The Morgan fingerprint density at radius 3 is 1.06 bits per heavy atom. The number of nitrogens with one attached hydrogen (secondary N) is 3. The Hall–Kier alpha value is -6.19. The zero-order valence-corrected chi connectivity index (χ0v) is 42.3. The van der Waals surface area contributed by atoms with E-state index in [9.17, 15) is 24.0 Å². The molecule has 0 radical (unpaired) electrons.